The summed E-state index contributed by atoms with van der Waals surface area (Å²) in [4.78, 5) is 15.0. The van der Waals surface area contributed by atoms with Crippen LogP contribution in [0.5, 0.6) is 5.75 Å². The molecule has 3 fully saturated rings. The average Bonchev–Trinajstić information content (AvgIpc) is 2.93. The molecular weight excluding hydrogens is 458 g/mol. The maximum absolute atomic E-state index is 12.5. The molecule has 5 atom stereocenters. The molecule has 3 heterocycles. The number of nitrogens with two attached hydrogens (primary N) is 1. The maximum Gasteiger partial charge on any atom is 0.222 e. The van der Waals surface area contributed by atoms with Gasteiger partial charge in [-0.3, -0.25) is 9.69 Å². The second-order valence-corrected chi connectivity index (χ2v) is 10.5. The van der Waals surface area contributed by atoms with Gasteiger partial charge in [0.05, 0.1) is 13.0 Å². The Bertz CT molecular complexity index is 1200. The zero-order valence-electron chi connectivity index (χ0n) is 21.8. The van der Waals surface area contributed by atoms with Gasteiger partial charge in [0.15, 0.2) is 0 Å². The van der Waals surface area contributed by atoms with Crippen LogP contribution in [-0.2, 0) is 11.3 Å². The number of hydrogen-bond acceptors (Lipinski definition) is 4. The van der Waals surface area contributed by atoms with E-state index in [1.54, 1.807) is 7.11 Å². The quantitative estimate of drug-likeness (QED) is 0.447. The Morgan fingerprint density at radius 1 is 1.08 bits per heavy atom. The van der Waals surface area contributed by atoms with Crippen molar-refractivity contribution in [3.63, 3.8) is 0 Å². The molecule has 3 N–H and O–H groups in total. The van der Waals surface area contributed by atoms with E-state index in [-0.39, 0.29) is 35.7 Å². The number of methoxy groups -OCH3 is 1. The summed E-state index contributed by atoms with van der Waals surface area (Å²) in [6, 6.07) is 28.0. The molecule has 192 valence electrons. The first-order valence-electron chi connectivity index (χ1n) is 13.2. The van der Waals surface area contributed by atoms with Gasteiger partial charge in [-0.15, -0.1) is 0 Å². The number of fused-ring (bicyclic) bond motifs is 3. The first kappa shape index (κ1) is 25.2. The molecular formula is C32H37N3O2. The van der Waals surface area contributed by atoms with Gasteiger partial charge in [-0.05, 0) is 54.6 Å². The molecule has 0 aliphatic carbocycles. The van der Waals surface area contributed by atoms with E-state index in [0.29, 0.717) is 13.1 Å². The van der Waals surface area contributed by atoms with Gasteiger partial charge >= 0.3 is 0 Å². The lowest BCUT2D eigenvalue weighted by atomic mass is 9.66. The van der Waals surface area contributed by atoms with Crippen molar-refractivity contribution >= 4 is 11.5 Å². The van der Waals surface area contributed by atoms with Crippen LogP contribution in [0.1, 0.15) is 41.5 Å². The second-order valence-electron chi connectivity index (χ2n) is 10.5. The van der Waals surface area contributed by atoms with Crippen LogP contribution in [0.25, 0.3) is 5.57 Å². The van der Waals surface area contributed by atoms with Crippen LogP contribution in [0.3, 0.4) is 0 Å². The first-order chi connectivity index (χ1) is 18.0. The Kier molecular flexibility index (Phi) is 7.45. The van der Waals surface area contributed by atoms with Crippen LogP contribution in [0.15, 0.2) is 85.4 Å². The van der Waals surface area contributed by atoms with Gasteiger partial charge in [0, 0.05) is 36.7 Å². The SMILES string of the molecule is C=C(C)c1ccc(OC)c(CN[C@H]2[C@H]3CCN(C[C@@H]3C(N)=O)[C@@H]2C(c2ccccc2)c2ccccc2)c1. The number of piperidine rings is 3. The molecule has 37 heavy (non-hydrogen) atoms. The van der Waals surface area contributed by atoms with Gasteiger partial charge in [0.2, 0.25) is 5.91 Å². The minimum Gasteiger partial charge on any atom is -0.496 e. The predicted molar refractivity (Wildman–Crippen MR) is 149 cm³/mol. The molecule has 0 spiro atoms. The number of benzene rings is 3. The number of allylic oxidation sites excluding steroid dienone is 1. The van der Waals surface area contributed by atoms with E-state index in [4.69, 9.17) is 10.5 Å². The molecule has 1 amide bonds. The lowest BCUT2D eigenvalue weighted by Gasteiger charge is -2.56. The number of carbonyl (C=O) groups is 1. The fraction of sp³-hybridized carbons (Fsp3) is 0.344. The third-order valence-electron chi connectivity index (χ3n) is 8.27. The van der Waals surface area contributed by atoms with Crippen molar-refractivity contribution in [2.24, 2.45) is 17.6 Å². The van der Waals surface area contributed by atoms with Crippen molar-refractivity contribution in [1.29, 1.82) is 0 Å². The number of rotatable bonds is 9. The Morgan fingerprint density at radius 3 is 2.30 bits per heavy atom. The van der Waals surface area contributed by atoms with Gasteiger partial charge in [0.25, 0.3) is 0 Å². The Morgan fingerprint density at radius 2 is 1.73 bits per heavy atom. The summed E-state index contributed by atoms with van der Waals surface area (Å²) in [6.45, 7) is 8.46. The molecule has 0 aromatic heterocycles. The van der Waals surface area contributed by atoms with E-state index < -0.39 is 0 Å². The summed E-state index contributed by atoms with van der Waals surface area (Å²) in [5.41, 5.74) is 11.7. The normalized spacial score (nSPS) is 24.7. The van der Waals surface area contributed by atoms with Crippen molar-refractivity contribution < 1.29 is 9.53 Å². The Labute approximate surface area is 220 Å². The third-order valence-corrected chi connectivity index (χ3v) is 8.27. The highest BCUT2D eigenvalue weighted by molar-refractivity contribution is 5.77. The Hall–Kier alpha value is -3.41. The minimum absolute atomic E-state index is 0.0867. The number of nitrogens with zero attached hydrogens (tertiary/aromatic N) is 1. The zero-order chi connectivity index (χ0) is 25.9. The summed E-state index contributed by atoms with van der Waals surface area (Å²) in [6.07, 6.45) is 0.959. The van der Waals surface area contributed by atoms with E-state index in [1.807, 2.05) is 19.1 Å². The largest absolute Gasteiger partial charge is 0.496 e. The zero-order valence-corrected chi connectivity index (χ0v) is 21.8. The third kappa shape index (κ3) is 5.07. The molecule has 2 bridgehead atoms. The number of amides is 1. The summed E-state index contributed by atoms with van der Waals surface area (Å²) >= 11 is 0. The molecule has 6 rings (SSSR count). The van der Waals surface area contributed by atoms with E-state index in [0.717, 1.165) is 35.4 Å². The number of primary amides is 1. The van der Waals surface area contributed by atoms with Crippen molar-refractivity contribution in [3.8, 4) is 5.75 Å². The molecule has 5 heteroatoms. The summed E-state index contributed by atoms with van der Waals surface area (Å²) in [5, 5.41) is 3.91. The summed E-state index contributed by atoms with van der Waals surface area (Å²) < 4.78 is 5.70. The van der Waals surface area contributed by atoms with E-state index >= 15 is 0 Å². The lowest BCUT2D eigenvalue weighted by molar-refractivity contribution is -0.132. The van der Waals surface area contributed by atoms with Gasteiger partial charge in [0.1, 0.15) is 5.75 Å². The number of carbonyl (C=O) groups excluding carboxylic acids is 1. The number of ether oxygens (including phenoxy) is 1. The standard InChI is InChI=1S/C32H37N3O2/c1-21(2)24-14-15-28(37-3)25(18-24)19-34-30-26-16-17-35(20-27(26)32(33)36)31(30)29(22-10-6-4-7-11-22)23-12-8-5-9-13-23/h4-15,18,26-27,29-31,34H,1,16-17,19-20H2,2-3H3,(H2,33,36)/t26-,27-,30-,31+/m0/s1. The number of hydrogen-bond donors (Lipinski definition) is 2. The van der Waals surface area contributed by atoms with Gasteiger partial charge in [-0.2, -0.15) is 0 Å². The molecule has 0 radical (unpaired) electrons. The fourth-order valence-electron chi connectivity index (χ4n) is 6.49. The monoisotopic (exact) mass is 495 g/mol. The molecule has 3 saturated heterocycles. The highest BCUT2D eigenvalue weighted by atomic mass is 16.5. The maximum atomic E-state index is 12.5. The summed E-state index contributed by atoms with van der Waals surface area (Å²) in [5.74, 6) is 0.846. The van der Waals surface area contributed by atoms with Crippen molar-refractivity contribution in [2.45, 2.75) is 37.9 Å². The highest BCUT2D eigenvalue weighted by Crippen LogP contribution is 2.44. The van der Waals surface area contributed by atoms with Crippen LogP contribution < -0.4 is 15.8 Å². The molecule has 3 aliphatic rings. The molecule has 3 aromatic rings. The van der Waals surface area contributed by atoms with Crippen LogP contribution in [-0.4, -0.2) is 43.1 Å². The van der Waals surface area contributed by atoms with E-state index in [1.165, 1.54) is 11.1 Å². The smallest absolute Gasteiger partial charge is 0.222 e. The lowest BCUT2D eigenvalue weighted by Crippen LogP contribution is -2.68. The minimum atomic E-state index is -0.196. The molecule has 0 saturated carbocycles. The first-order valence-corrected chi connectivity index (χ1v) is 13.2. The Balaban J connectivity index is 1.54. The van der Waals surface area contributed by atoms with E-state index in [9.17, 15) is 4.79 Å². The van der Waals surface area contributed by atoms with Crippen molar-refractivity contribution in [1.82, 2.24) is 10.2 Å². The van der Waals surface area contributed by atoms with Gasteiger partial charge in [-0.25, -0.2) is 0 Å². The van der Waals surface area contributed by atoms with Gasteiger partial charge in [-0.1, -0.05) is 78.9 Å². The van der Waals surface area contributed by atoms with Crippen LogP contribution in [0.2, 0.25) is 0 Å². The topological polar surface area (TPSA) is 67.6 Å². The fourth-order valence-corrected chi connectivity index (χ4v) is 6.49. The predicted octanol–water partition coefficient (Wildman–Crippen LogP) is 4.82. The molecule has 5 nitrogen and oxygen atoms in total. The van der Waals surface area contributed by atoms with Crippen molar-refractivity contribution in [3.05, 3.63) is 108 Å². The average molecular weight is 496 g/mol. The van der Waals surface area contributed by atoms with Crippen LogP contribution in [0.4, 0.5) is 0 Å². The molecule has 3 aromatic carbocycles. The van der Waals surface area contributed by atoms with Gasteiger partial charge < -0.3 is 15.8 Å². The molecule has 3 aliphatic heterocycles. The van der Waals surface area contributed by atoms with Crippen molar-refractivity contribution in [2.75, 3.05) is 20.2 Å². The van der Waals surface area contributed by atoms with E-state index in [2.05, 4.69) is 83.5 Å². The number of nitrogens with one attached hydrogen (secondary N) is 1. The second kappa shape index (κ2) is 10.9. The van der Waals surface area contributed by atoms with Crippen LogP contribution in [0, 0.1) is 11.8 Å². The molecule has 1 unspecified atom stereocenters. The summed E-state index contributed by atoms with van der Waals surface area (Å²) in [7, 11) is 1.71. The highest BCUT2D eigenvalue weighted by Gasteiger charge is 2.51. The van der Waals surface area contributed by atoms with Crippen LogP contribution >= 0.6 is 0 Å².